The van der Waals surface area contributed by atoms with E-state index in [0.717, 1.165) is 0 Å². The van der Waals surface area contributed by atoms with Crippen LogP contribution in [-0.2, 0) is 0 Å². The minimum absolute atomic E-state index is 0.0221. The second kappa shape index (κ2) is 4.11. The number of hydrogen-bond acceptors (Lipinski definition) is 4. The van der Waals surface area contributed by atoms with E-state index in [1.807, 2.05) is 0 Å². The minimum Gasteiger partial charge on any atom is -0.504 e. The van der Waals surface area contributed by atoms with Gasteiger partial charge in [-0.1, -0.05) is 0 Å². The summed E-state index contributed by atoms with van der Waals surface area (Å²) in [6, 6.07) is 3.84. The molecule has 0 amide bonds. The topological polar surface area (TPSA) is 69.6 Å². The number of phenols is 2. The van der Waals surface area contributed by atoms with Gasteiger partial charge in [0.1, 0.15) is 0 Å². The van der Waals surface area contributed by atoms with Gasteiger partial charge in [-0.25, -0.2) is 4.84 Å². The lowest BCUT2D eigenvalue weighted by molar-refractivity contribution is 0.0997. The van der Waals surface area contributed by atoms with Crippen LogP contribution in [0, 0.1) is 0 Å². The Kier molecular flexibility index (Phi) is 3.11. The molecule has 0 saturated heterocycles. The quantitative estimate of drug-likeness (QED) is 0.388. The summed E-state index contributed by atoms with van der Waals surface area (Å²) in [6.07, 6.45) is 0. The molecule has 0 aliphatic rings. The number of carbonyl (C=O) groups excluding carboxylic acids is 1. The molecule has 1 aromatic rings. The van der Waals surface area contributed by atoms with Gasteiger partial charge < -0.3 is 10.2 Å². The molecule has 0 heterocycles. The second-order valence-electron chi connectivity index (χ2n) is 2.44. The van der Waals surface area contributed by atoms with Gasteiger partial charge in [0.25, 0.3) is 0 Å². The second-order valence-corrected chi connectivity index (χ2v) is 2.70. The summed E-state index contributed by atoms with van der Waals surface area (Å²) in [5, 5.41) is 18.0. The standard InChI is InChI=1S/C8H8ClNO3/c9-10-4-8(13)5-1-2-6(11)7(12)3-5/h1-3,10-12H,4H2. The molecule has 0 aromatic heterocycles. The fraction of sp³-hybridized carbons (Fsp3) is 0.125. The zero-order valence-electron chi connectivity index (χ0n) is 6.62. The first-order valence-electron chi connectivity index (χ1n) is 3.54. The number of nitrogens with one attached hydrogen (secondary N) is 1. The molecule has 3 N–H and O–H groups in total. The summed E-state index contributed by atoms with van der Waals surface area (Å²) < 4.78 is 0. The Morgan fingerprint density at radius 2 is 2.08 bits per heavy atom. The van der Waals surface area contributed by atoms with Gasteiger partial charge >= 0.3 is 0 Å². The van der Waals surface area contributed by atoms with Crippen LogP contribution in [0.25, 0.3) is 0 Å². The van der Waals surface area contributed by atoms with E-state index in [4.69, 9.17) is 22.0 Å². The largest absolute Gasteiger partial charge is 0.504 e. The van der Waals surface area contributed by atoms with E-state index in [1.165, 1.54) is 18.2 Å². The number of phenolic OH excluding ortho intramolecular Hbond substituents is 2. The van der Waals surface area contributed by atoms with Crippen molar-refractivity contribution in [3.63, 3.8) is 0 Å². The number of benzene rings is 1. The fourth-order valence-corrected chi connectivity index (χ4v) is 0.981. The number of carbonyl (C=O) groups is 1. The van der Waals surface area contributed by atoms with E-state index >= 15 is 0 Å². The maximum atomic E-state index is 11.2. The molecular weight excluding hydrogens is 194 g/mol. The lowest BCUT2D eigenvalue weighted by Crippen LogP contribution is -2.14. The molecule has 1 rings (SSSR count). The van der Waals surface area contributed by atoms with E-state index < -0.39 is 0 Å². The lowest BCUT2D eigenvalue weighted by atomic mass is 10.1. The number of rotatable bonds is 3. The fourth-order valence-electron chi connectivity index (χ4n) is 0.860. The van der Waals surface area contributed by atoms with Gasteiger partial charge in [-0.15, -0.1) is 0 Å². The summed E-state index contributed by atoms with van der Waals surface area (Å²) in [5.74, 6) is -0.832. The lowest BCUT2D eigenvalue weighted by Gasteiger charge is -2.01. The van der Waals surface area contributed by atoms with E-state index in [1.54, 1.807) is 0 Å². The van der Waals surface area contributed by atoms with Crippen molar-refractivity contribution in [3.8, 4) is 11.5 Å². The first kappa shape index (κ1) is 9.83. The highest BCUT2D eigenvalue weighted by Crippen LogP contribution is 2.24. The number of aromatic hydroxyl groups is 2. The molecule has 0 unspecified atom stereocenters. The average Bonchev–Trinajstić information content (AvgIpc) is 2.10. The average molecular weight is 202 g/mol. The van der Waals surface area contributed by atoms with Crippen LogP contribution in [0.5, 0.6) is 11.5 Å². The Morgan fingerprint density at radius 1 is 1.38 bits per heavy atom. The van der Waals surface area contributed by atoms with Gasteiger partial charge in [0.2, 0.25) is 0 Å². The number of halogens is 1. The van der Waals surface area contributed by atoms with E-state index in [9.17, 15) is 4.79 Å². The molecule has 0 aliphatic heterocycles. The highest BCUT2D eigenvalue weighted by molar-refractivity contribution is 6.15. The summed E-state index contributed by atoms with van der Waals surface area (Å²) in [5.41, 5.74) is 0.295. The maximum absolute atomic E-state index is 11.2. The smallest absolute Gasteiger partial charge is 0.178 e. The van der Waals surface area contributed by atoms with Crippen LogP contribution in [0.1, 0.15) is 10.4 Å². The van der Waals surface area contributed by atoms with Gasteiger partial charge in [-0.2, -0.15) is 0 Å². The van der Waals surface area contributed by atoms with E-state index in [0.29, 0.717) is 5.56 Å². The van der Waals surface area contributed by atoms with Gasteiger partial charge in [-0.05, 0) is 30.0 Å². The zero-order chi connectivity index (χ0) is 9.84. The van der Waals surface area contributed by atoms with Crippen molar-refractivity contribution >= 4 is 17.6 Å². The SMILES string of the molecule is O=C(CNCl)c1ccc(O)c(O)c1. The van der Waals surface area contributed by atoms with Crippen LogP contribution in [0.4, 0.5) is 0 Å². The van der Waals surface area contributed by atoms with Crippen molar-refractivity contribution in [2.24, 2.45) is 0 Å². The van der Waals surface area contributed by atoms with Crippen molar-refractivity contribution in [2.75, 3.05) is 6.54 Å². The number of Topliss-reactive ketones (excluding diaryl/α,β-unsaturated/α-hetero) is 1. The highest BCUT2D eigenvalue weighted by atomic mass is 35.5. The van der Waals surface area contributed by atoms with Crippen molar-refractivity contribution in [2.45, 2.75) is 0 Å². The Hall–Kier alpha value is -1.26. The molecule has 0 atom stereocenters. The molecule has 13 heavy (non-hydrogen) atoms. The molecule has 1 aromatic carbocycles. The van der Waals surface area contributed by atoms with Crippen molar-refractivity contribution < 1.29 is 15.0 Å². The van der Waals surface area contributed by atoms with Crippen molar-refractivity contribution in [1.29, 1.82) is 0 Å². The Balaban J connectivity index is 2.90. The van der Waals surface area contributed by atoms with Gasteiger partial charge in [0.15, 0.2) is 17.3 Å². The predicted octanol–water partition coefficient (Wildman–Crippen LogP) is 1.02. The monoisotopic (exact) mass is 201 g/mol. The van der Waals surface area contributed by atoms with Crippen LogP contribution >= 0.6 is 11.8 Å². The molecular formula is C8H8ClNO3. The summed E-state index contributed by atoms with van der Waals surface area (Å²) in [4.78, 5) is 13.3. The van der Waals surface area contributed by atoms with Crippen molar-refractivity contribution in [1.82, 2.24) is 4.84 Å². The van der Waals surface area contributed by atoms with Gasteiger partial charge in [0, 0.05) is 5.56 Å². The molecule has 0 bridgehead atoms. The number of hydrogen-bond donors (Lipinski definition) is 3. The van der Waals surface area contributed by atoms with Crippen LogP contribution in [0.3, 0.4) is 0 Å². The summed E-state index contributed by atoms with van der Waals surface area (Å²) >= 11 is 5.13. The maximum Gasteiger partial charge on any atom is 0.178 e. The Morgan fingerprint density at radius 3 is 2.62 bits per heavy atom. The first-order valence-corrected chi connectivity index (χ1v) is 3.91. The number of ketones is 1. The molecule has 4 nitrogen and oxygen atoms in total. The zero-order valence-corrected chi connectivity index (χ0v) is 7.38. The molecule has 0 saturated carbocycles. The minimum atomic E-state index is -0.319. The highest BCUT2D eigenvalue weighted by Gasteiger charge is 2.07. The van der Waals surface area contributed by atoms with Gasteiger partial charge in [0.05, 0.1) is 6.54 Å². The van der Waals surface area contributed by atoms with E-state index in [2.05, 4.69) is 4.84 Å². The molecule has 70 valence electrons. The molecule has 0 radical (unpaired) electrons. The van der Waals surface area contributed by atoms with Crippen LogP contribution < -0.4 is 4.84 Å². The predicted molar refractivity (Wildman–Crippen MR) is 48.0 cm³/mol. The van der Waals surface area contributed by atoms with Crippen LogP contribution in [0.15, 0.2) is 18.2 Å². The van der Waals surface area contributed by atoms with Crippen LogP contribution in [0.2, 0.25) is 0 Å². The molecule has 0 aliphatic carbocycles. The Bertz CT molecular complexity index is 327. The van der Waals surface area contributed by atoms with Crippen molar-refractivity contribution in [3.05, 3.63) is 23.8 Å². The molecule has 0 fully saturated rings. The first-order chi connectivity index (χ1) is 6.15. The summed E-state index contributed by atoms with van der Waals surface area (Å²) in [7, 11) is 0. The molecule has 0 spiro atoms. The van der Waals surface area contributed by atoms with Crippen LogP contribution in [-0.4, -0.2) is 22.5 Å². The molecule has 5 heteroatoms. The third kappa shape index (κ3) is 2.34. The van der Waals surface area contributed by atoms with Gasteiger partial charge in [-0.3, -0.25) is 4.79 Å². The Labute approximate surface area is 79.9 Å². The summed E-state index contributed by atoms with van der Waals surface area (Å²) in [6.45, 7) is -0.0221. The third-order valence-corrected chi connectivity index (χ3v) is 1.66. The normalized spacial score (nSPS) is 9.92. The van der Waals surface area contributed by atoms with E-state index in [-0.39, 0.29) is 23.8 Å². The third-order valence-electron chi connectivity index (χ3n) is 1.52.